The highest BCUT2D eigenvalue weighted by molar-refractivity contribution is 5.55. The molecular weight excluding hydrogens is 308 g/mol. The molecule has 140 valence electrons. The fraction of sp³-hybridized carbons (Fsp3) is 0.565. The number of aryl methyl sites for hydroxylation is 1. The van der Waals surface area contributed by atoms with Crippen LogP contribution in [0.2, 0.25) is 0 Å². The Morgan fingerprint density at radius 3 is 2.32 bits per heavy atom. The number of benzene rings is 1. The van der Waals surface area contributed by atoms with E-state index < -0.39 is 6.10 Å². The largest absolute Gasteiger partial charge is 0.512 e. The standard InChI is InChI=1S/C21H30O2.C2H6/c1-6-9-15-12-17-16(13(4)5)10-14(7-2)11-18(17)21(23)20(15)19(22)8-3;1-2/h9-11,13,21-23H,6-8,12H2,1-5H3;1-2H3/b15-9-,20-19-;. The molecule has 1 atom stereocenters. The molecule has 0 saturated carbocycles. The van der Waals surface area contributed by atoms with Gasteiger partial charge in [0.1, 0.15) is 6.10 Å². The molecule has 2 rings (SSSR count). The maximum absolute atomic E-state index is 11.0. The van der Waals surface area contributed by atoms with Crippen LogP contribution in [0.5, 0.6) is 0 Å². The molecule has 0 saturated heterocycles. The zero-order valence-corrected chi connectivity index (χ0v) is 17.1. The summed E-state index contributed by atoms with van der Waals surface area (Å²) in [5.41, 5.74) is 6.62. The van der Waals surface area contributed by atoms with E-state index in [2.05, 4.69) is 45.9 Å². The van der Waals surface area contributed by atoms with E-state index in [-0.39, 0.29) is 0 Å². The van der Waals surface area contributed by atoms with Crippen LogP contribution >= 0.6 is 0 Å². The molecule has 1 aromatic carbocycles. The summed E-state index contributed by atoms with van der Waals surface area (Å²) in [6, 6.07) is 4.41. The van der Waals surface area contributed by atoms with Crippen LogP contribution in [0.1, 0.15) is 95.6 Å². The molecule has 2 nitrogen and oxygen atoms in total. The first-order chi connectivity index (χ1) is 11.9. The number of rotatable bonds is 4. The van der Waals surface area contributed by atoms with E-state index in [4.69, 9.17) is 0 Å². The Kier molecular flexibility index (Phi) is 8.44. The maximum Gasteiger partial charge on any atom is 0.108 e. The monoisotopic (exact) mass is 344 g/mol. The molecule has 2 heteroatoms. The fourth-order valence-electron chi connectivity index (χ4n) is 3.53. The first-order valence-electron chi connectivity index (χ1n) is 9.89. The van der Waals surface area contributed by atoms with Crippen LogP contribution in [-0.4, -0.2) is 10.2 Å². The number of aliphatic hydroxyl groups excluding tert-OH is 2. The number of hydrogen-bond donors (Lipinski definition) is 2. The predicted molar refractivity (Wildman–Crippen MR) is 108 cm³/mol. The average Bonchev–Trinajstić information content (AvgIpc) is 2.62. The highest BCUT2D eigenvalue weighted by Crippen LogP contribution is 2.42. The second-order valence-corrected chi connectivity index (χ2v) is 6.69. The molecule has 0 aliphatic heterocycles. The summed E-state index contributed by atoms with van der Waals surface area (Å²) in [6.07, 6.45) is 4.63. The quantitative estimate of drug-likeness (QED) is 0.608. The molecule has 25 heavy (non-hydrogen) atoms. The second-order valence-electron chi connectivity index (χ2n) is 6.69. The summed E-state index contributed by atoms with van der Waals surface area (Å²) in [4.78, 5) is 0. The van der Waals surface area contributed by atoms with Crippen LogP contribution in [0.3, 0.4) is 0 Å². The van der Waals surface area contributed by atoms with Gasteiger partial charge in [0.05, 0.1) is 5.76 Å². The molecule has 1 aromatic rings. The van der Waals surface area contributed by atoms with Crippen LogP contribution in [0.15, 0.2) is 35.1 Å². The second kappa shape index (κ2) is 9.82. The Labute approximate surface area is 154 Å². The van der Waals surface area contributed by atoms with Gasteiger partial charge in [0.2, 0.25) is 0 Å². The third-order valence-corrected chi connectivity index (χ3v) is 4.79. The molecule has 0 spiro atoms. The van der Waals surface area contributed by atoms with Crippen molar-refractivity contribution in [2.75, 3.05) is 0 Å². The Hall–Kier alpha value is -1.54. The zero-order chi connectivity index (χ0) is 19.1. The topological polar surface area (TPSA) is 40.5 Å². The average molecular weight is 345 g/mol. The summed E-state index contributed by atoms with van der Waals surface area (Å²) in [6.45, 7) is 14.6. The van der Waals surface area contributed by atoms with Crippen molar-refractivity contribution in [1.29, 1.82) is 0 Å². The highest BCUT2D eigenvalue weighted by atomic mass is 16.3. The van der Waals surface area contributed by atoms with Crippen molar-refractivity contribution in [3.05, 3.63) is 57.4 Å². The molecule has 1 unspecified atom stereocenters. The van der Waals surface area contributed by atoms with Gasteiger partial charge in [-0.1, -0.05) is 66.7 Å². The first-order valence-corrected chi connectivity index (χ1v) is 9.89. The lowest BCUT2D eigenvalue weighted by Gasteiger charge is -2.31. The van der Waals surface area contributed by atoms with Crippen molar-refractivity contribution in [2.45, 2.75) is 86.2 Å². The highest BCUT2D eigenvalue weighted by Gasteiger charge is 2.31. The fourth-order valence-corrected chi connectivity index (χ4v) is 3.53. The molecule has 1 aliphatic carbocycles. The Balaban J connectivity index is 0.00000151. The van der Waals surface area contributed by atoms with E-state index in [1.54, 1.807) is 0 Å². The summed E-state index contributed by atoms with van der Waals surface area (Å²) in [7, 11) is 0. The first kappa shape index (κ1) is 21.5. The van der Waals surface area contributed by atoms with Gasteiger partial charge in [-0.25, -0.2) is 0 Å². The van der Waals surface area contributed by atoms with E-state index in [1.165, 1.54) is 16.7 Å². The van der Waals surface area contributed by atoms with Crippen molar-refractivity contribution >= 4 is 0 Å². The van der Waals surface area contributed by atoms with Crippen molar-refractivity contribution in [3.8, 4) is 0 Å². The van der Waals surface area contributed by atoms with E-state index >= 15 is 0 Å². The lowest BCUT2D eigenvalue weighted by Crippen LogP contribution is -2.19. The molecule has 2 N–H and O–H groups in total. The molecule has 0 amide bonds. The molecule has 1 aliphatic rings. The molecule has 0 fully saturated rings. The van der Waals surface area contributed by atoms with Crippen LogP contribution in [0.4, 0.5) is 0 Å². The Morgan fingerprint density at radius 1 is 1.20 bits per heavy atom. The summed E-state index contributed by atoms with van der Waals surface area (Å²) >= 11 is 0. The minimum atomic E-state index is -0.722. The minimum Gasteiger partial charge on any atom is -0.512 e. The molecular formula is C23H36O2. The Morgan fingerprint density at radius 2 is 1.84 bits per heavy atom. The number of allylic oxidation sites excluding steroid dienone is 2. The molecule has 0 aromatic heterocycles. The lowest BCUT2D eigenvalue weighted by molar-refractivity contribution is 0.203. The smallest absolute Gasteiger partial charge is 0.108 e. The van der Waals surface area contributed by atoms with Gasteiger partial charge in [-0.3, -0.25) is 0 Å². The van der Waals surface area contributed by atoms with E-state index in [1.807, 2.05) is 20.8 Å². The van der Waals surface area contributed by atoms with E-state index in [0.717, 1.165) is 36.0 Å². The maximum atomic E-state index is 11.0. The number of aliphatic hydroxyl groups is 2. The van der Waals surface area contributed by atoms with Gasteiger partial charge in [-0.2, -0.15) is 0 Å². The molecule has 0 radical (unpaired) electrons. The Bertz CT molecular complexity index is 636. The predicted octanol–water partition coefficient (Wildman–Crippen LogP) is 6.55. The van der Waals surface area contributed by atoms with Gasteiger partial charge < -0.3 is 10.2 Å². The SMILES string of the molecule is CC.CC/C=C1/Cc2c(C(C)C)cc(CC)cc2C(O)/C1=C(\O)CC. The number of fused-ring (bicyclic) bond motifs is 1. The summed E-state index contributed by atoms with van der Waals surface area (Å²) in [5.74, 6) is 0.742. The molecule has 0 heterocycles. The molecule has 0 bridgehead atoms. The minimum absolute atomic E-state index is 0.316. The van der Waals surface area contributed by atoms with Gasteiger partial charge >= 0.3 is 0 Å². The third-order valence-electron chi connectivity index (χ3n) is 4.79. The van der Waals surface area contributed by atoms with Gasteiger partial charge in [0.15, 0.2) is 0 Å². The van der Waals surface area contributed by atoms with E-state index in [0.29, 0.717) is 18.1 Å². The van der Waals surface area contributed by atoms with Crippen molar-refractivity contribution in [1.82, 2.24) is 0 Å². The van der Waals surface area contributed by atoms with Crippen LogP contribution in [0.25, 0.3) is 0 Å². The number of hydrogen-bond acceptors (Lipinski definition) is 2. The van der Waals surface area contributed by atoms with Crippen molar-refractivity contribution in [2.24, 2.45) is 0 Å². The van der Waals surface area contributed by atoms with Gasteiger partial charge in [-0.15, -0.1) is 0 Å². The summed E-state index contributed by atoms with van der Waals surface area (Å²) < 4.78 is 0. The van der Waals surface area contributed by atoms with Gasteiger partial charge in [-0.05, 0) is 53.0 Å². The van der Waals surface area contributed by atoms with Crippen LogP contribution in [-0.2, 0) is 12.8 Å². The normalized spacial score (nSPS) is 20.2. The zero-order valence-electron chi connectivity index (χ0n) is 17.1. The van der Waals surface area contributed by atoms with Crippen LogP contribution in [0, 0.1) is 0 Å². The van der Waals surface area contributed by atoms with Crippen molar-refractivity contribution in [3.63, 3.8) is 0 Å². The van der Waals surface area contributed by atoms with E-state index in [9.17, 15) is 10.2 Å². The summed E-state index contributed by atoms with van der Waals surface area (Å²) in [5, 5.41) is 21.3. The third kappa shape index (κ3) is 4.55. The van der Waals surface area contributed by atoms with Gasteiger partial charge in [0.25, 0.3) is 0 Å². The van der Waals surface area contributed by atoms with Crippen LogP contribution < -0.4 is 0 Å². The lowest BCUT2D eigenvalue weighted by atomic mass is 9.76. The van der Waals surface area contributed by atoms with Crippen molar-refractivity contribution < 1.29 is 10.2 Å². The van der Waals surface area contributed by atoms with Gasteiger partial charge in [0, 0.05) is 12.0 Å².